The highest BCUT2D eigenvalue weighted by molar-refractivity contribution is 6.51. The third-order valence-corrected chi connectivity index (χ3v) is 5.61. The summed E-state index contributed by atoms with van der Waals surface area (Å²) in [4.78, 5) is 44.0. The van der Waals surface area contributed by atoms with Crippen LogP contribution in [0.1, 0.15) is 40.9 Å². The molecule has 3 aromatic rings. The van der Waals surface area contributed by atoms with E-state index in [1.807, 2.05) is 6.92 Å². The number of pyridine rings is 1. The highest BCUT2D eigenvalue weighted by atomic mass is 16.5. The van der Waals surface area contributed by atoms with E-state index in [1.54, 1.807) is 60.9 Å². The van der Waals surface area contributed by atoms with Gasteiger partial charge in [-0.2, -0.15) is 0 Å². The Labute approximate surface area is 202 Å². The van der Waals surface area contributed by atoms with E-state index in [-0.39, 0.29) is 11.3 Å². The van der Waals surface area contributed by atoms with Crippen molar-refractivity contribution in [2.75, 3.05) is 18.6 Å². The zero-order chi connectivity index (χ0) is 24.9. The van der Waals surface area contributed by atoms with Gasteiger partial charge in [0.15, 0.2) is 0 Å². The topological polar surface area (TPSA) is 106 Å². The Bertz CT molecular complexity index is 1280. The Hall–Kier alpha value is -4.46. The van der Waals surface area contributed by atoms with Crippen LogP contribution in [0, 0.1) is 0 Å². The van der Waals surface area contributed by atoms with Crippen molar-refractivity contribution in [3.8, 4) is 5.75 Å². The Morgan fingerprint density at radius 2 is 1.83 bits per heavy atom. The van der Waals surface area contributed by atoms with Crippen molar-refractivity contribution in [2.24, 2.45) is 0 Å². The molecule has 0 saturated carbocycles. The van der Waals surface area contributed by atoms with Crippen LogP contribution in [0.25, 0.3) is 5.76 Å². The van der Waals surface area contributed by atoms with Gasteiger partial charge in [-0.1, -0.05) is 25.1 Å². The quantitative estimate of drug-likeness (QED) is 0.237. The predicted molar refractivity (Wildman–Crippen MR) is 129 cm³/mol. The molecule has 0 radical (unpaired) electrons. The SMILES string of the molecule is CCCOC(=O)c1ccc(N2C(=O)C(=O)/C(=C(/O)c3cccc(OC)c3)C2c2cccnc2)cc1. The molecule has 1 N–H and O–H groups in total. The van der Waals surface area contributed by atoms with Gasteiger partial charge in [-0.15, -0.1) is 0 Å². The third kappa shape index (κ3) is 4.63. The molecule has 35 heavy (non-hydrogen) atoms. The molecule has 8 heteroatoms. The normalized spacial score (nSPS) is 16.9. The van der Waals surface area contributed by atoms with E-state index in [9.17, 15) is 19.5 Å². The number of aromatic nitrogens is 1. The highest BCUT2D eigenvalue weighted by Gasteiger charge is 2.47. The van der Waals surface area contributed by atoms with Crippen LogP contribution in [0.15, 0.2) is 78.6 Å². The third-order valence-electron chi connectivity index (χ3n) is 5.61. The van der Waals surface area contributed by atoms with E-state index in [1.165, 1.54) is 24.1 Å². The number of carbonyl (C=O) groups excluding carboxylic acids is 3. The van der Waals surface area contributed by atoms with Gasteiger partial charge < -0.3 is 14.6 Å². The molecule has 0 spiro atoms. The average molecular weight is 472 g/mol. The fourth-order valence-corrected chi connectivity index (χ4v) is 3.91. The first kappa shape index (κ1) is 23.7. The van der Waals surface area contributed by atoms with Crippen LogP contribution in [0.5, 0.6) is 5.75 Å². The molecule has 8 nitrogen and oxygen atoms in total. The van der Waals surface area contributed by atoms with E-state index in [0.29, 0.717) is 41.2 Å². The summed E-state index contributed by atoms with van der Waals surface area (Å²) in [6.07, 6.45) is 3.82. The standard InChI is InChI=1S/C27H24N2O6/c1-3-14-35-27(33)17-9-11-20(12-10-17)29-23(19-7-5-13-28-16-19)22(25(31)26(29)32)24(30)18-6-4-8-21(15-18)34-2/h4-13,15-16,23,30H,3,14H2,1-2H3/b24-22+. The van der Waals surface area contributed by atoms with E-state index in [2.05, 4.69) is 4.98 Å². The molecule has 4 rings (SSSR count). The molecule has 1 aromatic heterocycles. The predicted octanol–water partition coefficient (Wildman–Crippen LogP) is 4.28. The van der Waals surface area contributed by atoms with Crippen LogP contribution in [0.2, 0.25) is 0 Å². The summed E-state index contributed by atoms with van der Waals surface area (Å²) in [6.45, 7) is 2.21. The number of aliphatic hydroxyl groups excluding tert-OH is 1. The maximum atomic E-state index is 13.2. The number of anilines is 1. The molecule has 2 heterocycles. The second-order valence-corrected chi connectivity index (χ2v) is 7.87. The maximum absolute atomic E-state index is 13.2. The van der Waals surface area contributed by atoms with Gasteiger partial charge in [-0.05, 0) is 54.4 Å². The van der Waals surface area contributed by atoms with E-state index in [0.717, 1.165) is 0 Å². The molecular weight excluding hydrogens is 448 g/mol. The molecule has 1 amide bonds. The second-order valence-electron chi connectivity index (χ2n) is 7.87. The van der Waals surface area contributed by atoms with E-state index >= 15 is 0 Å². The lowest BCUT2D eigenvalue weighted by Crippen LogP contribution is -2.29. The molecule has 0 aliphatic carbocycles. The zero-order valence-electron chi connectivity index (χ0n) is 19.3. The summed E-state index contributed by atoms with van der Waals surface area (Å²) in [5.41, 5.74) is 1.53. The summed E-state index contributed by atoms with van der Waals surface area (Å²) in [5, 5.41) is 11.2. The Balaban J connectivity index is 1.81. The molecule has 0 bridgehead atoms. The van der Waals surface area contributed by atoms with E-state index in [4.69, 9.17) is 9.47 Å². The number of hydrogen-bond donors (Lipinski definition) is 1. The molecule has 178 valence electrons. The summed E-state index contributed by atoms with van der Waals surface area (Å²) < 4.78 is 10.4. The van der Waals surface area contributed by atoms with Crippen LogP contribution in [-0.2, 0) is 14.3 Å². The largest absolute Gasteiger partial charge is 0.507 e. The average Bonchev–Trinajstić information content (AvgIpc) is 3.17. The monoisotopic (exact) mass is 472 g/mol. The number of Topliss-reactive ketones (excluding diaryl/α,β-unsaturated/α-hetero) is 1. The molecule has 1 aliphatic heterocycles. The summed E-state index contributed by atoms with van der Waals surface area (Å²) in [6, 6.07) is 15.3. The number of methoxy groups -OCH3 is 1. The van der Waals surface area contributed by atoms with Crippen LogP contribution in [0.4, 0.5) is 5.69 Å². The number of hydrogen-bond acceptors (Lipinski definition) is 7. The first-order chi connectivity index (χ1) is 17.0. The van der Waals surface area contributed by atoms with Crippen molar-refractivity contribution in [2.45, 2.75) is 19.4 Å². The lowest BCUT2D eigenvalue weighted by atomic mass is 9.96. The summed E-state index contributed by atoms with van der Waals surface area (Å²) in [5.74, 6) is -1.93. The zero-order valence-corrected chi connectivity index (χ0v) is 19.3. The van der Waals surface area contributed by atoms with Crippen LogP contribution >= 0.6 is 0 Å². The van der Waals surface area contributed by atoms with Crippen molar-refractivity contribution >= 4 is 29.1 Å². The minimum Gasteiger partial charge on any atom is -0.507 e. The number of esters is 1. The van der Waals surface area contributed by atoms with Gasteiger partial charge in [0.1, 0.15) is 11.5 Å². The van der Waals surface area contributed by atoms with Gasteiger partial charge >= 0.3 is 5.97 Å². The Morgan fingerprint density at radius 3 is 2.49 bits per heavy atom. The number of carbonyl (C=O) groups is 3. The Morgan fingerprint density at radius 1 is 1.06 bits per heavy atom. The van der Waals surface area contributed by atoms with Gasteiger partial charge in [-0.3, -0.25) is 19.5 Å². The minimum absolute atomic E-state index is 0.0670. The second kappa shape index (κ2) is 10.2. The van der Waals surface area contributed by atoms with Crippen LogP contribution in [-0.4, -0.2) is 41.5 Å². The minimum atomic E-state index is -0.923. The Kier molecular flexibility index (Phi) is 6.91. The van der Waals surface area contributed by atoms with Gasteiger partial charge in [0.25, 0.3) is 11.7 Å². The number of aliphatic hydroxyl groups is 1. The molecule has 1 aliphatic rings. The molecule has 1 atom stereocenters. The lowest BCUT2D eigenvalue weighted by Gasteiger charge is -2.25. The van der Waals surface area contributed by atoms with Gasteiger partial charge in [0, 0.05) is 23.6 Å². The van der Waals surface area contributed by atoms with Crippen molar-refractivity contribution in [3.63, 3.8) is 0 Å². The number of rotatable bonds is 7. The van der Waals surface area contributed by atoms with Crippen molar-refractivity contribution in [1.82, 2.24) is 4.98 Å². The van der Waals surface area contributed by atoms with Crippen LogP contribution in [0.3, 0.4) is 0 Å². The van der Waals surface area contributed by atoms with Crippen LogP contribution < -0.4 is 9.64 Å². The molecule has 1 saturated heterocycles. The number of amides is 1. The van der Waals surface area contributed by atoms with E-state index < -0.39 is 23.7 Å². The first-order valence-electron chi connectivity index (χ1n) is 11.1. The fourth-order valence-electron chi connectivity index (χ4n) is 3.91. The summed E-state index contributed by atoms with van der Waals surface area (Å²) >= 11 is 0. The first-order valence-corrected chi connectivity index (χ1v) is 11.1. The number of ether oxygens (including phenoxy) is 2. The van der Waals surface area contributed by atoms with Gasteiger partial charge in [-0.25, -0.2) is 4.79 Å². The van der Waals surface area contributed by atoms with Gasteiger partial charge in [0.2, 0.25) is 0 Å². The maximum Gasteiger partial charge on any atom is 0.338 e. The summed E-state index contributed by atoms with van der Waals surface area (Å²) in [7, 11) is 1.50. The molecular formula is C27H24N2O6. The smallest absolute Gasteiger partial charge is 0.338 e. The fraction of sp³-hybridized carbons (Fsp3) is 0.185. The lowest BCUT2D eigenvalue weighted by molar-refractivity contribution is -0.132. The highest BCUT2D eigenvalue weighted by Crippen LogP contribution is 2.42. The number of nitrogens with zero attached hydrogens (tertiary/aromatic N) is 2. The number of benzene rings is 2. The van der Waals surface area contributed by atoms with Crippen molar-refractivity contribution in [3.05, 3.63) is 95.3 Å². The molecule has 1 fully saturated rings. The van der Waals surface area contributed by atoms with Gasteiger partial charge in [0.05, 0.1) is 30.9 Å². The molecule has 2 aromatic carbocycles. The number of ketones is 1. The molecule has 1 unspecified atom stereocenters. The van der Waals surface area contributed by atoms with Crippen molar-refractivity contribution < 1.29 is 29.0 Å². The van der Waals surface area contributed by atoms with Crippen molar-refractivity contribution in [1.29, 1.82) is 0 Å².